The first kappa shape index (κ1) is 11.3. The van der Waals surface area contributed by atoms with E-state index in [1.165, 1.54) is 10.9 Å². The minimum Gasteiger partial charge on any atom is -0.279 e. The summed E-state index contributed by atoms with van der Waals surface area (Å²) < 4.78 is 1.29. The van der Waals surface area contributed by atoms with Crippen molar-refractivity contribution in [2.24, 2.45) is 5.10 Å². The summed E-state index contributed by atoms with van der Waals surface area (Å²) in [4.78, 5) is 23.8. The van der Waals surface area contributed by atoms with Gasteiger partial charge in [0, 0.05) is 12.4 Å². The molecular weight excluding hydrogens is 244 g/mol. The zero-order valence-corrected chi connectivity index (χ0v) is 10.1. The van der Waals surface area contributed by atoms with E-state index in [4.69, 9.17) is 0 Å². The molecule has 1 aliphatic rings. The third kappa shape index (κ3) is 1.83. The average Bonchev–Trinajstić information content (AvgIpc) is 3.02. The number of aryl methyl sites for hydroxylation is 1. The Morgan fingerprint density at radius 1 is 1.11 bits per heavy atom. The Morgan fingerprint density at radius 3 is 2.47 bits per heavy atom. The number of anilines is 1. The van der Waals surface area contributed by atoms with Crippen LogP contribution in [0.3, 0.4) is 0 Å². The standard InChI is InChI=1S/C13H10N4O2/c1-9-3-5-10(6-4-9)17-13(19)11(18)12(15-17)16-8-2-7-14-16/h2-8H,1H3. The van der Waals surface area contributed by atoms with Crippen molar-refractivity contribution in [1.82, 2.24) is 9.78 Å². The first-order valence-electron chi connectivity index (χ1n) is 5.71. The molecule has 94 valence electrons. The number of carbonyl (C=O) groups excluding carboxylic acids is 2. The maximum Gasteiger partial charge on any atom is 0.323 e. The predicted molar refractivity (Wildman–Crippen MR) is 68.7 cm³/mol. The molecule has 6 heteroatoms. The van der Waals surface area contributed by atoms with Gasteiger partial charge >= 0.3 is 5.91 Å². The number of benzene rings is 1. The lowest BCUT2D eigenvalue weighted by Crippen LogP contribution is -2.29. The van der Waals surface area contributed by atoms with Crippen LogP contribution < -0.4 is 5.01 Å². The van der Waals surface area contributed by atoms with Crippen LogP contribution in [0.1, 0.15) is 5.56 Å². The number of amides is 1. The number of hydrogen-bond donors (Lipinski definition) is 0. The van der Waals surface area contributed by atoms with E-state index in [9.17, 15) is 9.59 Å². The molecule has 2 aromatic rings. The molecule has 0 radical (unpaired) electrons. The largest absolute Gasteiger partial charge is 0.323 e. The van der Waals surface area contributed by atoms with Crippen LogP contribution in [0.4, 0.5) is 5.69 Å². The van der Waals surface area contributed by atoms with Crippen molar-refractivity contribution in [3.05, 3.63) is 48.3 Å². The molecule has 0 spiro atoms. The monoisotopic (exact) mass is 254 g/mol. The number of aromatic nitrogens is 2. The Hall–Kier alpha value is -2.76. The second-order valence-electron chi connectivity index (χ2n) is 4.16. The van der Waals surface area contributed by atoms with Gasteiger partial charge in [0.2, 0.25) is 5.84 Å². The van der Waals surface area contributed by atoms with E-state index < -0.39 is 11.7 Å². The van der Waals surface area contributed by atoms with Gasteiger partial charge in [-0.05, 0) is 25.1 Å². The Bertz CT molecular complexity index is 671. The Kier molecular flexibility index (Phi) is 2.49. The van der Waals surface area contributed by atoms with E-state index in [2.05, 4.69) is 10.2 Å². The molecule has 3 rings (SSSR count). The number of nitrogens with zero attached hydrogens (tertiary/aromatic N) is 4. The van der Waals surface area contributed by atoms with Gasteiger partial charge in [-0.1, -0.05) is 17.7 Å². The van der Waals surface area contributed by atoms with E-state index >= 15 is 0 Å². The van der Waals surface area contributed by atoms with Gasteiger partial charge < -0.3 is 0 Å². The molecule has 0 N–H and O–H groups in total. The van der Waals surface area contributed by atoms with Crippen molar-refractivity contribution in [1.29, 1.82) is 0 Å². The highest BCUT2D eigenvalue weighted by Gasteiger charge is 2.36. The van der Waals surface area contributed by atoms with Crippen LogP contribution in [0.2, 0.25) is 0 Å². The molecule has 0 atom stereocenters. The summed E-state index contributed by atoms with van der Waals surface area (Å²) >= 11 is 0. The fraction of sp³-hybridized carbons (Fsp3) is 0.0769. The van der Waals surface area contributed by atoms with Crippen LogP contribution in [0.25, 0.3) is 0 Å². The Morgan fingerprint density at radius 2 is 1.84 bits per heavy atom. The fourth-order valence-corrected chi connectivity index (χ4v) is 1.78. The highest BCUT2D eigenvalue weighted by molar-refractivity contribution is 6.69. The highest BCUT2D eigenvalue weighted by atomic mass is 16.2. The SMILES string of the molecule is Cc1ccc(N2N=C(n3cccn3)C(=O)C2=O)cc1. The number of Topliss-reactive ketones (excluding diaryl/α,β-unsaturated/α-hetero) is 1. The van der Waals surface area contributed by atoms with Gasteiger partial charge in [0.25, 0.3) is 5.78 Å². The maximum atomic E-state index is 11.9. The average molecular weight is 254 g/mol. The molecule has 0 saturated heterocycles. The minimum absolute atomic E-state index is 0.00979. The van der Waals surface area contributed by atoms with Gasteiger partial charge in [0.1, 0.15) is 0 Å². The molecule has 0 saturated carbocycles. The van der Waals surface area contributed by atoms with Crippen molar-refractivity contribution in [3.8, 4) is 0 Å². The van der Waals surface area contributed by atoms with E-state index in [-0.39, 0.29) is 5.84 Å². The maximum absolute atomic E-state index is 11.9. The van der Waals surface area contributed by atoms with Crippen molar-refractivity contribution in [3.63, 3.8) is 0 Å². The molecular formula is C13H10N4O2. The first-order chi connectivity index (χ1) is 9.16. The topological polar surface area (TPSA) is 67.6 Å². The predicted octanol–water partition coefficient (Wildman–Crippen LogP) is 0.969. The number of hydrazone groups is 1. The van der Waals surface area contributed by atoms with Gasteiger partial charge in [0.15, 0.2) is 0 Å². The molecule has 0 unspecified atom stereocenters. The first-order valence-corrected chi connectivity index (χ1v) is 5.71. The van der Waals surface area contributed by atoms with Crippen LogP contribution in [0, 0.1) is 6.92 Å². The van der Waals surface area contributed by atoms with E-state index in [0.717, 1.165) is 10.6 Å². The van der Waals surface area contributed by atoms with Crippen molar-refractivity contribution >= 4 is 23.2 Å². The van der Waals surface area contributed by atoms with Crippen LogP contribution in [-0.4, -0.2) is 27.3 Å². The summed E-state index contributed by atoms with van der Waals surface area (Å²) in [5.74, 6) is -1.32. The van der Waals surface area contributed by atoms with E-state index in [0.29, 0.717) is 5.69 Å². The summed E-state index contributed by atoms with van der Waals surface area (Å²) in [5, 5.41) is 9.05. The molecule has 1 aromatic carbocycles. The molecule has 6 nitrogen and oxygen atoms in total. The lowest BCUT2D eigenvalue weighted by Gasteiger charge is -2.09. The van der Waals surface area contributed by atoms with Crippen LogP contribution in [-0.2, 0) is 9.59 Å². The van der Waals surface area contributed by atoms with Gasteiger partial charge in [-0.3, -0.25) is 9.59 Å². The summed E-state index contributed by atoms with van der Waals surface area (Å²) in [7, 11) is 0. The number of carbonyl (C=O) groups is 2. The number of ketones is 1. The molecule has 1 aromatic heterocycles. The second kappa shape index (κ2) is 4.16. The van der Waals surface area contributed by atoms with Crippen LogP contribution >= 0.6 is 0 Å². The van der Waals surface area contributed by atoms with Gasteiger partial charge in [-0.2, -0.15) is 10.1 Å². The molecule has 0 fully saturated rings. The minimum atomic E-state index is -0.672. The normalized spacial score (nSPS) is 15.0. The summed E-state index contributed by atoms with van der Waals surface area (Å²) in [6.45, 7) is 1.94. The van der Waals surface area contributed by atoms with Crippen molar-refractivity contribution < 1.29 is 9.59 Å². The van der Waals surface area contributed by atoms with Gasteiger partial charge in [0.05, 0.1) is 5.69 Å². The number of hydrogen-bond acceptors (Lipinski definition) is 4. The van der Waals surface area contributed by atoms with Crippen LogP contribution in [0.15, 0.2) is 47.8 Å². The van der Waals surface area contributed by atoms with Crippen LogP contribution in [0.5, 0.6) is 0 Å². The third-order valence-corrected chi connectivity index (χ3v) is 2.78. The molecule has 2 heterocycles. The Balaban J connectivity index is 2.01. The summed E-state index contributed by atoms with van der Waals surface area (Å²) in [6, 6.07) is 8.87. The molecule has 0 aliphatic carbocycles. The molecule has 19 heavy (non-hydrogen) atoms. The Labute approximate surface area is 108 Å². The highest BCUT2D eigenvalue weighted by Crippen LogP contribution is 2.19. The van der Waals surface area contributed by atoms with Gasteiger partial charge in [-0.25, -0.2) is 4.68 Å². The lowest BCUT2D eigenvalue weighted by molar-refractivity contribution is -0.131. The third-order valence-electron chi connectivity index (χ3n) is 2.78. The zero-order valence-electron chi connectivity index (χ0n) is 10.1. The van der Waals surface area contributed by atoms with E-state index in [1.54, 1.807) is 24.4 Å². The lowest BCUT2D eigenvalue weighted by atomic mass is 10.2. The number of rotatable bonds is 1. The molecule has 1 aliphatic heterocycles. The van der Waals surface area contributed by atoms with Crippen molar-refractivity contribution in [2.75, 3.05) is 5.01 Å². The molecule has 0 bridgehead atoms. The molecule has 1 amide bonds. The summed E-state index contributed by atoms with van der Waals surface area (Å²) in [5.41, 5.74) is 1.63. The second-order valence-corrected chi connectivity index (χ2v) is 4.16. The smallest absolute Gasteiger partial charge is 0.279 e. The fourth-order valence-electron chi connectivity index (χ4n) is 1.78. The quantitative estimate of drug-likeness (QED) is 0.712. The van der Waals surface area contributed by atoms with E-state index in [1.807, 2.05) is 19.1 Å². The summed E-state index contributed by atoms with van der Waals surface area (Å²) in [6.07, 6.45) is 3.09. The van der Waals surface area contributed by atoms with Gasteiger partial charge in [-0.15, -0.1) is 5.10 Å². The van der Waals surface area contributed by atoms with Crippen molar-refractivity contribution in [2.45, 2.75) is 6.92 Å². The zero-order chi connectivity index (χ0) is 13.4.